The van der Waals surface area contributed by atoms with E-state index < -0.39 is 12.1 Å². The maximum absolute atomic E-state index is 12.7. The quantitative estimate of drug-likeness (QED) is 0.496. The summed E-state index contributed by atoms with van der Waals surface area (Å²) in [7, 11) is 0. The highest BCUT2D eigenvalue weighted by molar-refractivity contribution is 6.01. The first-order valence-electron chi connectivity index (χ1n) is 9.78. The molecule has 0 unspecified atom stereocenters. The molecule has 1 N–H and O–H groups in total. The smallest absolute Gasteiger partial charge is 0.338 e. The van der Waals surface area contributed by atoms with E-state index in [1.54, 1.807) is 43.3 Å². The number of ether oxygens (including phenoxy) is 1. The first-order valence-corrected chi connectivity index (χ1v) is 9.78. The van der Waals surface area contributed by atoms with Crippen molar-refractivity contribution >= 4 is 11.8 Å². The van der Waals surface area contributed by atoms with Gasteiger partial charge in [-0.2, -0.15) is 0 Å². The van der Waals surface area contributed by atoms with Crippen molar-refractivity contribution < 1.29 is 19.4 Å². The number of phenolic OH excluding ortho intramolecular Hbond substituents is 1. The van der Waals surface area contributed by atoms with Gasteiger partial charge >= 0.3 is 5.97 Å². The summed E-state index contributed by atoms with van der Waals surface area (Å²) in [5, 5.41) is 9.39. The lowest BCUT2D eigenvalue weighted by molar-refractivity contribution is 0.0319. The van der Waals surface area contributed by atoms with Gasteiger partial charge in [-0.3, -0.25) is 4.79 Å². The highest BCUT2D eigenvalue weighted by Crippen LogP contribution is 2.24. The molecule has 0 saturated heterocycles. The summed E-state index contributed by atoms with van der Waals surface area (Å²) in [6, 6.07) is 19.6. The number of phenols is 1. The number of benzene rings is 3. The number of hydrogen-bond donors (Lipinski definition) is 1. The summed E-state index contributed by atoms with van der Waals surface area (Å²) in [6.45, 7) is 1.61. The first-order chi connectivity index (χ1) is 14.0. The Balaban J connectivity index is 1.43. The molecule has 146 valence electrons. The minimum absolute atomic E-state index is 0.186. The van der Waals surface area contributed by atoms with Crippen molar-refractivity contribution in [3.8, 4) is 16.9 Å². The molecule has 0 fully saturated rings. The Kier molecular flexibility index (Phi) is 5.17. The van der Waals surface area contributed by atoms with E-state index in [1.807, 2.05) is 30.3 Å². The van der Waals surface area contributed by atoms with Crippen LogP contribution < -0.4 is 0 Å². The van der Waals surface area contributed by atoms with Gasteiger partial charge in [0, 0.05) is 5.56 Å². The Morgan fingerprint density at radius 2 is 1.41 bits per heavy atom. The maximum atomic E-state index is 12.7. The van der Waals surface area contributed by atoms with E-state index in [0.717, 1.165) is 30.4 Å². The van der Waals surface area contributed by atoms with Gasteiger partial charge in [-0.05, 0) is 78.8 Å². The van der Waals surface area contributed by atoms with Gasteiger partial charge in [-0.1, -0.05) is 36.4 Å². The molecule has 0 amide bonds. The van der Waals surface area contributed by atoms with Crippen LogP contribution in [0.2, 0.25) is 0 Å². The molecule has 3 aromatic rings. The van der Waals surface area contributed by atoms with Crippen molar-refractivity contribution in [2.75, 3.05) is 0 Å². The molecule has 0 heterocycles. The molecule has 0 bridgehead atoms. The van der Waals surface area contributed by atoms with E-state index in [4.69, 9.17) is 4.74 Å². The number of rotatable bonds is 5. The van der Waals surface area contributed by atoms with Crippen LogP contribution in [-0.2, 0) is 17.6 Å². The van der Waals surface area contributed by atoms with Gasteiger partial charge in [0.15, 0.2) is 6.10 Å². The van der Waals surface area contributed by atoms with Crippen molar-refractivity contribution in [1.29, 1.82) is 0 Å². The normalized spacial score (nSPS) is 13.6. The van der Waals surface area contributed by atoms with E-state index in [9.17, 15) is 14.7 Å². The van der Waals surface area contributed by atoms with Gasteiger partial charge in [0.25, 0.3) is 0 Å². The van der Waals surface area contributed by atoms with Crippen molar-refractivity contribution in [2.24, 2.45) is 0 Å². The number of carbonyl (C=O) groups is 2. The van der Waals surface area contributed by atoms with Gasteiger partial charge in [-0.25, -0.2) is 4.79 Å². The molecular weight excluding hydrogens is 364 g/mol. The number of Topliss-reactive ketones (excluding diaryl/α,β-unsaturated/α-hetero) is 1. The topological polar surface area (TPSA) is 63.6 Å². The molecule has 4 rings (SSSR count). The van der Waals surface area contributed by atoms with Crippen LogP contribution in [0.15, 0.2) is 66.7 Å². The molecular formula is C25H22O4. The lowest BCUT2D eigenvalue weighted by atomic mass is 10.0. The number of esters is 1. The lowest BCUT2D eigenvalue weighted by Gasteiger charge is -2.13. The monoisotopic (exact) mass is 386 g/mol. The van der Waals surface area contributed by atoms with Crippen molar-refractivity contribution in [1.82, 2.24) is 0 Å². The summed E-state index contributed by atoms with van der Waals surface area (Å²) in [5.41, 5.74) is 5.36. The van der Waals surface area contributed by atoms with Crippen molar-refractivity contribution in [3.05, 3.63) is 89.0 Å². The Morgan fingerprint density at radius 3 is 2.10 bits per heavy atom. The Hall–Kier alpha value is -3.40. The second kappa shape index (κ2) is 7.92. The van der Waals surface area contributed by atoms with E-state index in [2.05, 4.69) is 0 Å². The summed E-state index contributed by atoms with van der Waals surface area (Å²) < 4.78 is 5.41. The van der Waals surface area contributed by atoms with Crippen LogP contribution in [0, 0.1) is 0 Å². The Morgan fingerprint density at radius 1 is 0.828 bits per heavy atom. The SMILES string of the molecule is C[C@@H](OC(=O)c1ccc(-c2ccc(O)cc2)cc1)C(=O)c1ccc2c(c1)CCC2. The average Bonchev–Trinajstić information content (AvgIpc) is 3.21. The van der Waals surface area contributed by atoms with E-state index >= 15 is 0 Å². The molecule has 3 aromatic carbocycles. The molecule has 4 heteroatoms. The zero-order valence-corrected chi connectivity index (χ0v) is 16.2. The second-order valence-electron chi connectivity index (χ2n) is 7.37. The minimum Gasteiger partial charge on any atom is -0.508 e. The van der Waals surface area contributed by atoms with Crippen LogP contribution in [0.3, 0.4) is 0 Å². The zero-order chi connectivity index (χ0) is 20.4. The average molecular weight is 386 g/mol. The van der Waals surface area contributed by atoms with Crippen LogP contribution in [0.1, 0.15) is 45.2 Å². The third kappa shape index (κ3) is 4.06. The minimum atomic E-state index is -0.848. The predicted octanol–water partition coefficient (Wildman–Crippen LogP) is 4.98. The number of aromatic hydroxyl groups is 1. The fourth-order valence-electron chi connectivity index (χ4n) is 3.69. The highest BCUT2D eigenvalue weighted by atomic mass is 16.5. The van der Waals surface area contributed by atoms with Crippen LogP contribution in [-0.4, -0.2) is 23.0 Å². The van der Waals surface area contributed by atoms with Crippen LogP contribution in [0.5, 0.6) is 5.75 Å². The van der Waals surface area contributed by atoms with Crippen molar-refractivity contribution in [2.45, 2.75) is 32.3 Å². The largest absolute Gasteiger partial charge is 0.508 e. The summed E-state index contributed by atoms with van der Waals surface area (Å²) in [6.07, 6.45) is 2.34. The molecule has 4 nitrogen and oxygen atoms in total. The number of ketones is 1. The number of carbonyl (C=O) groups excluding carboxylic acids is 2. The maximum Gasteiger partial charge on any atom is 0.338 e. The summed E-state index contributed by atoms with van der Waals surface area (Å²) in [4.78, 5) is 25.1. The number of hydrogen-bond acceptors (Lipinski definition) is 4. The fourth-order valence-corrected chi connectivity index (χ4v) is 3.69. The third-order valence-corrected chi connectivity index (χ3v) is 5.36. The molecule has 29 heavy (non-hydrogen) atoms. The van der Waals surface area contributed by atoms with E-state index in [0.29, 0.717) is 11.1 Å². The Labute approximate surface area is 169 Å². The van der Waals surface area contributed by atoms with Crippen molar-refractivity contribution in [3.63, 3.8) is 0 Å². The van der Waals surface area contributed by atoms with Gasteiger partial charge in [0.1, 0.15) is 5.75 Å². The molecule has 0 spiro atoms. The second-order valence-corrected chi connectivity index (χ2v) is 7.37. The number of fused-ring (bicyclic) bond motifs is 1. The van der Waals surface area contributed by atoms with Gasteiger partial charge in [0.2, 0.25) is 5.78 Å². The fraction of sp³-hybridized carbons (Fsp3) is 0.200. The predicted molar refractivity (Wildman–Crippen MR) is 111 cm³/mol. The van der Waals surface area contributed by atoms with Gasteiger partial charge in [-0.15, -0.1) is 0 Å². The first kappa shape index (κ1) is 18.9. The molecule has 0 radical (unpaired) electrons. The van der Waals surface area contributed by atoms with Crippen LogP contribution >= 0.6 is 0 Å². The zero-order valence-electron chi connectivity index (χ0n) is 16.2. The van der Waals surface area contributed by atoms with Crippen LogP contribution in [0.4, 0.5) is 0 Å². The standard InChI is InChI=1S/C25H22O4/c1-16(24(27)22-10-7-17-3-2-4-21(17)15-22)29-25(28)20-8-5-18(6-9-20)19-11-13-23(26)14-12-19/h5-16,26H,2-4H2,1H3/t16-/m1/s1. The molecule has 1 atom stereocenters. The lowest BCUT2D eigenvalue weighted by Crippen LogP contribution is -2.24. The van der Waals surface area contributed by atoms with E-state index in [-0.39, 0.29) is 11.5 Å². The highest BCUT2D eigenvalue weighted by Gasteiger charge is 2.22. The summed E-state index contributed by atoms with van der Waals surface area (Å²) >= 11 is 0. The third-order valence-electron chi connectivity index (χ3n) is 5.36. The summed E-state index contributed by atoms with van der Waals surface area (Å²) in [5.74, 6) is -0.506. The van der Waals surface area contributed by atoms with Gasteiger partial charge in [0.05, 0.1) is 5.56 Å². The van der Waals surface area contributed by atoms with Gasteiger partial charge < -0.3 is 9.84 Å². The van der Waals surface area contributed by atoms with Crippen LogP contribution in [0.25, 0.3) is 11.1 Å². The molecule has 0 saturated carbocycles. The molecule has 0 aromatic heterocycles. The Bertz CT molecular complexity index is 1050. The molecule has 1 aliphatic rings. The molecule has 1 aliphatic carbocycles. The van der Waals surface area contributed by atoms with E-state index in [1.165, 1.54) is 11.1 Å². The molecule has 0 aliphatic heterocycles. The number of aryl methyl sites for hydroxylation is 2.